The lowest BCUT2D eigenvalue weighted by Crippen LogP contribution is -2.16. The zero-order valence-electron chi connectivity index (χ0n) is 22.0. The van der Waals surface area contributed by atoms with E-state index in [2.05, 4.69) is 17.2 Å². The Balaban J connectivity index is 1.57. The molecule has 2 heterocycles. The van der Waals surface area contributed by atoms with Crippen LogP contribution in [-0.2, 0) is 13.2 Å². The van der Waals surface area contributed by atoms with Crippen molar-refractivity contribution in [2.24, 2.45) is 13.0 Å². The third-order valence-corrected chi connectivity index (χ3v) is 7.66. The van der Waals surface area contributed by atoms with Crippen LogP contribution in [-0.4, -0.2) is 20.7 Å². The van der Waals surface area contributed by atoms with Crippen molar-refractivity contribution in [3.8, 4) is 22.5 Å². The number of imidazole rings is 1. The molecule has 0 bridgehead atoms. The lowest BCUT2D eigenvalue weighted by molar-refractivity contribution is -0.137. The highest BCUT2D eigenvalue weighted by molar-refractivity contribution is 5.80. The molecule has 5 rings (SSSR count). The molecule has 2 N–H and O–H groups in total. The van der Waals surface area contributed by atoms with E-state index in [1.807, 2.05) is 54.1 Å². The minimum atomic E-state index is -4.44. The monoisotopic (exact) mass is 531 g/mol. The summed E-state index contributed by atoms with van der Waals surface area (Å²) in [6, 6.07) is 19.3. The molecular formula is C31H32F3N5. The number of nitrogens with zero attached hydrogens (tertiary/aromatic N) is 3. The minimum Gasteiger partial charge on any atom is -0.364 e. The van der Waals surface area contributed by atoms with E-state index in [0.29, 0.717) is 17.1 Å². The van der Waals surface area contributed by atoms with Crippen molar-refractivity contribution in [1.29, 1.82) is 5.41 Å². The summed E-state index contributed by atoms with van der Waals surface area (Å²) in [4.78, 5) is 9.50. The Labute approximate surface area is 226 Å². The van der Waals surface area contributed by atoms with Gasteiger partial charge in [0.15, 0.2) is 0 Å². The number of alkyl halides is 3. The lowest BCUT2D eigenvalue weighted by Gasteiger charge is -2.25. The minimum absolute atomic E-state index is 0.0167. The van der Waals surface area contributed by atoms with Crippen LogP contribution in [0.5, 0.6) is 0 Å². The van der Waals surface area contributed by atoms with Gasteiger partial charge in [-0.2, -0.15) is 13.2 Å². The van der Waals surface area contributed by atoms with Gasteiger partial charge >= 0.3 is 6.18 Å². The van der Waals surface area contributed by atoms with Crippen molar-refractivity contribution in [3.05, 3.63) is 89.9 Å². The Bertz CT molecular complexity index is 1440. The molecule has 0 unspecified atom stereocenters. The number of halogens is 3. The Morgan fingerprint density at radius 3 is 2.41 bits per heavy atom. The first-order chi connectivity index (χ1) is 18.7. The van der Waals surface area contributed by atoms with Gasteiger partial charge in [-0.3, -0.25) is 0 Å². The van der Waals surface area contributed by atoms with Crippen molar-refractivity contribution in [2.45, 2.75) is 50.7 Å². The van der Waals surface area contributed by atoms with Crippen molar-refractivity contribution in [1.82, 2.24) is 14.5 Å². The zero-order chi connectivity index (χ0) is 27.6. The van der Waals surface area contributed by atoms with Crippen molar-refractivity contribution in [2.75, 3.05) is 5.32 Å². The maximum Gasteiger partial charge on any atom is 0.416 e. The summed E-state index contributed by atoms with van der Waals surface area (Å²) in [5, 5.41) is 11.1. The maximum absolute atomic E-state index is 13.6. The van der Waals surface area contributed by atoms with Crippen LogP contribution in [0, 0.1) is 11.3 Å². The van der Waals surface area contributed by atoms with E-state index >= 15 is 0 Å². The van der Waals surface area contributed by atoms with Crippen LogP contribution < -0.4 is 5.32 Å². The molecule has 202 valence electrons. The second-order valence-electron chi connectivity index (χ2n) is 10.3. The van der Waals surface area contributed by atoms with Crippen molar-refractivity contribution < 1.29 is 13.2 Å². The highest BCUT2D eigenvalue weighted by atomic mass is 19.4. The smallest absolute Gasteiger partial charge is 0.364 e. The summed E-state index contributed by atoms with van der Waals surface area (Å²) in [6.45, 7) is 2.06. The lowest BCUT2D eigenvalue weighted by atomic mass is 9.82. The second-order valence-corrected chi connectivity index (χ2v) is 10.3. The first kappa shape index (κ1) is 26.7. The molecule has 2 aromatic carbocycles. The van der Waals surface area contributed by atoms with Gasteiger partial charge in [0.25, 0.3) is 0 Å². The molecule has 0 aliphatic heterocycles. The van der Waals surface area contributed by atoms with Crippen LogP contribution in [0.1, 0.15) is 61.5 Å². The summed E-state index contributed by atoms with van der Waals surface area (Å²) in [5.74, 6) is 2.00. The average Bonchev–Trinajstić information content (AvgIpc) is 3.30. The number of nitrogens with one attached hydrogen (secondary N) is 2. The predicted octanol–water partition coefficient (Wildman–Crippen LogP) is 8.26. The Morgan fingerprint density at radius 1 is 0.974 bits per heavy atom. The fraction of sp³-hybridized carbons (Fsp3) is 0.323. The van der Waals surface area contributed by atoms with Gasteiger partial charge in [-0.1, -0.05) is 42.5 Å². The van der Waals surface area contributed by atoms with Gasteiger partial charge in [-0.25, -0.2) is 9.97 Å². The van der Waals surface area contributed by atoms with Gasteiger partial charge in [0.2, 0.25) is 0 Å². The summed E-state index contributed by atoms with van der Waals surface area (Å²) < 4.78 is 42.9. The highest BCUT2D eigenvalue weighted by Crippen LogP contribution is 2.41. The SMILES string of the molecule is C[C@H](Nc1cc(-c2c(-c3cccc(C(F)(F)F)c3)nc(C3CCC(C=N)CC3)n2C)ccn1)c1ccccc1. The number of pyridine rings is 1. The van der Waals surface area contributed by atoms with Gasteiger partial charge in [0.1, 0.15) is 11.6 Å². The normalized spacial score (nSPS) is 18.5. The number of hydrogen-bond acceptors (Lipinski definition) is 4. The largest absolute Gasteiger partial charge is 0.416 e. The Morgan fingerprint density at radius 2 is 1.72 bits per heavy atom. The van der Waals surface area contributed by atoms with E-state index in [9.17, 15) is 13.2 Å². The molecule has 2 aromatic heterocycles. The highest BCUT2D eigenvalue weighted by Gasteiger charge is 2.32. The van der Waals surface area contributed by atoms with Crippen molar-refractivity contribution in [3.63, 3.8) is 0 Å². The Hall–Kier alpha value is -3.94. The molecule has 39 heavy (non-hydrogen) atoms. The molecule has 1 saturated carbocycles. The van der Waals surface area contributed by atoms with E-state index in [0.717, 1.165) is 54.4 Å². The molecule has 0 saturated heterocycles. The van der Waals surface area contributed by atoms with Gasteiger partial charge < -0.3 is 15.3 Å². The van der Waals surface area contributed by atoms with E-state index in [4.69, 9.17) is 10.4 Å². The topological polar surface area (TPSA) is 66.6 Å². The molecule has 1 aliphatic rings. The van der Waals surface area contributed by atoms with Crippen molar-refractivity contribution >= 4 is 12.0 Å². The third-order valence-electron chi connectivity index (χ3n) is 7.66. The summed E-state index contributed by atoms with van der Waals surface area (Å²) in [6.07, 6.45) is 2.41. The van der Waals surface area contributed by atoms with Crippen LogP contribution in [0.4, 0.5) is 19.0 Å². The molecule has 0 radical (unpaired) electrons. The summed E-state index contributed by atoms with van der Waals surface area (Å²) in [7, 11) is 1.94. The first-order valence-electron chi connectivity index (χ1n) is 13.3. The Kier molecular flexibility index (Phi) is 7.55. The molecule has 1 aliphatic carbocycles. The standard InChI is InChI=1S/C31H32F3N5/c1-20(22-7-4-3-5-8-22)37-27-18-25(15-16-36-27)29-28(24-9-6-10-26(17-24)31(32,33)34)38-30(39(29)2)23-13-11-21(19-35)12-14-23/h3-10,15-21,23,35H,11-14H2,1-2H3,(H,36,37)/t20-,21?,23?/m0/s1. The van der Waals surface area contributed by atoms with Gasteiger partial charge in [-0.15, -0.1) is 0 Å². The first-order valence-corrected chi connectivity index (χ1v) is 13.3. The number of benzene rings is 2. The van der Waals surface area contributed by atoms with Gasteiger partial charge in [-0.05, 0) is 74.6 Å². The average molecular weight is 532 g/mol. The van der Waals surface area contributed by atoms with E-state index in [-0.39, 0.29) is 17.9 Å². The molecular weight excluding hydrogens is 499 g/mol. The second kappa shape index (κ2) is 11.0. The van der Waals surface area contributed by atoms with E-state index in [1.54, 1.807) is 12.3 Å². The molecule has 4 aromatic rings. The van der Waals surface area contributed by atoms with Crippen LogP contribution in [0.25, 0.3) is 22.5 Å². The predicted molar refractivity (Wildman–Crippen MR) is 149 cm³/mol. The molecule has 0 spiro atoms. The zero-order valence-corrected chi connectivity index (χ0v) is 22.0. The van der Waals surface area contributed by atoms with Gasteiger partial charge in [0.05, 0.1) is 17.0 Å². The van der Waals surface area contributed by atoms with Crippen LogP contribution in [0.2, 0.25) is 0 Å². The van der Waals surface area contributed by atoms with Crippen LogP contribution in [0.3, 0.4) is 0 Å². The third kappa shape index (κ3) is 5.75. The van der Waals surface area contributed by atoms with Crippen LogP contribution >= 0.6 is 0 Å². The number of rotatable bonds is 7. The molecule has 1 fully saturated rings. The summed E-state index contributed by atoms with van der Waals surface area (Å²) in [5.41, 5.74) is 2.97. The number of hydrogen-bond donors (Lipinski definition) is 2. The molecule has 8 heteroatoms. The molecule has 0 amide bonds. The maximum atomic E-state index is 13.6. The van der Waals surface area contributed by atoms with Crippen LogP contribution in [0.15, 0.2) is 72.9 Å². The summed E-state index contributed by atoms with van der Waals surface area (Å²) >= 11 is 0. The van der Waals surface area contributed by atoms with E-state index < -0.39 is 11.7 Å². The number of aromatic nitrogens is 3. The van der Waals surface area contributed by atoms with Gasteiger partial charge in [0, 0.05) is 36.3 Å². The quantitative estimate of drug-likeness (QED) is 0.236. The molecule has 1 atom stereocenters. The number of anilines is 1. The fourth-order valence-corrected chi connectivity index (χ4v) is 5.50. The molecule has 5 nitrogen and oxygen atoms in total. The van der Waals surface area contributed by atoms with E-state index in [1.165, 1.54) is 18.3 Å². The fourth-order valence-electron chi connectivity index (χ4n) is 5.50.